The van der Waals surface area contributed by atoms with Gasteiger partial charge < -0.3 is 16.5 Å². The van der Waals surface area contributed by atoms with Crippen LogP contribution in [-0.2, 0) is 20.9 Å². The molecular weight excluding hydrogens is 476 g/mol. The zero-order valence-electron chi connectivity index (χ0n) is 16.9. The average Bonchev–Trinajstić information content (AvgIpc) is 3.16. The Labute approximate surface area is 195 Å². The molecule has 13 nitrogen and oxygen atoms in total. The highest BCUT2D eigenvalue weighted by Gasteiger charge is 2.27. The molecule has 1 aromatic heterocycles. The predicted octanol–water partition coefficient (Wildman–Crippen LogP) is -0.578. The molecule has 0 unspecified atom stereocenters. The number of rotatable bonds is 8. The highest BCUT2D eigenvalue weighted by atomic mass is 32.2. The maximum Gasteiger partial charge on any atom is 0.240 e. The van der Waals surface area contributed by atoms with E-state index in [9.17, 15) is 8.42 Å². The maximum atomic E-state index is 12.3. The number of H-pyrrole nitrogens is 1. The summed E-state index contributed by atoms with van der Waals surface area (Å²) in [6.45, 7) is 0.213. The Balaban J connectivity index is 0.00000363. The molecule has 0 saturated heterocycles. The summed E-state index contributed by atoms with van der Waals surface area (Å²) in [6, 6.07) is 8.37. The molecular formula is C16H24N10O3S3. The van der Waals surface area contributed by atoms with E-state index in [0.717, 1.165) is 5.52 Å². The third-order valence-corrected chi connectivity index (χ3v) is 5.84. The number of para-hydroxylation sites is 1. The lowest BCUT2D eigenvalue weighted by atomic mass is 9.96. The van der Waals surface area contributed by atoms with E-state index >= 15 is 0 Å². The highest BCUT2D eigenvalue weighted by Crippen LogP contribution is 2.39. The average molecular weight is 501 g/mol. The van der Waals surface area contributed by atoms with Crippen LogP contribution in [0, 0.1) is 0 Å². The number of hydrazine groups is 1. The van der Waals surface area contributed by atoms with E-state index in [0.29, 0.717) is 34.7 Å². The van der Waals surface area contributed by atoms with E-state index in [1.807, 2.05) is 12.1 Å². The van der Waals surface area contributed by atoms with Gasteiger partial charge in [0.25, 0.3) is 0 Å². The van der Waals surface area contributed by atoms with Gasteiger partial charge in [-0.15, -0.1) is 5.10 Å². The molecule has 16 heteroatoms. The Bertz CT molecular complexity index is 1250. The van der Waals surface area contributed by atoms with E-state index in [-0.39, 0.29) is 42.0 Å². The van der Waals surface area contributed by atoms with Crippen molar-refractivity contribution < 1.29 is 12.7 Å². The van der Waals surface area contributed by atoms with Gasteiger partial charge in [0.1, 0.15) is 22.9 Å². The summed E-state index contributed by atoms with van der Waals surface area (Å²) in [7, 11) is -2.63. The number of nitrogens with one attached hydrogen (secondary N) is 2. The lowest BCUT2D eigenvalue weighted by Crippen LogP contribution is -2.27. The molecule has 3 rings (SSSR count). The number of primary sulfonamides is 1. The predicted molar refractivity (Wildman–Crippen MR) is 130 cm³/mol. The first kappa shape index (κ1) is 25.7. The Morgan fingerprint density at radius 1 is 1.31 bits per heavy atom. The number of hydrazone groups is 1. The van der Waals surface area contributed by atoms with Crippen LogP contribution in [0.5, 0.6) is 0 Å². The Kier molecular flexibility index (Phi) is 8.32. The van der Waals surface area contributed by atoms with Crippen molar-refractivity contribution in [1.82, 2.24) is 15.5 Å². The number of sulfonamides is 1. The van der Waals surface area contributed by atoms with Crippen molar-refractivity contribution in [3.05, 3.63) is 41.7 Å². The van der Waals surface area contributed by atoms with Gasteiger partial charge in [0.2, 0.25) is 10.0 Å². The summed E-state index contributed by atoms with van der Waals surface area (Å²) in [5.74, 6) is 11.0. The molecule has 12 N–H and O–H groups in total. The van der Waals surface area contributed by atoms with Crippen LogP contribution in [0.25, 0.3) is 22.2 Å². The number of amidine groups is 1. The number of anilines is 1. The number of hydrogen-bond donors (Lipinski definition) is 7. The molecule has 0 bridgehead atoms. The van der Waals surface area contributed by atoms with Crippen molar-refractivity contribution in [3.8, 4) is 11.1 Å². The van der Waals surface area contributed by atoms with Crippen molar-refractivity contribution in [2.24, 2.45) is 33.4 Å². The van der Waals surface area contributed by atoms with Gasteiger partial charge in [-0.1, -0.05) is 18.2 Å². The maximum absolute atomic E-state index is 12.3. The van der Waals surface area contributed by atoms with Crippen molar-refractivity contribution in [1.29, 1.82) is 0 Å². The van der Waals surface area contributed by atoms with Crippen LogP contribution in [0.2, 0.25) is 0 Å². The van der Waals surface area contributed by atoms with Gasteiger partial charge in [0, 0.05) is 12.6 Å². The first-order chi connectivity index (χ1) is 14.7. The number of imidazole rings is 1. The summed E-state index contributed by atoms with van der Waals surface area (Å²) < 4.78 is 30.6. The van der Waals surface area contributed by atoms with Gasteiger partial charge in [-0.25, -0.2) is 40.1 Å². The van der Waals surface area contributed by atoms with Crippen molar-refractivity contribution in [2.45, 2.75) is 11.4 Å². The minimum absolute atomic E-state index is 0. The number of hydrogen-bond acceptors (Lipinski definition) is 11. The molecule has 32 heavy (non-hydrogen) atoms. The van der Waals surface area contributed by atoms with Crippen LogP contribution >= 0.6 is 25.7 Å². The second-order valence-electron chi connectivity index (χ2n) is 6.26. The molecule has 0 aliphatic carbocycles. The minimum atomic E-state index is -4.16. The van der Waals surface area contributed by atoms with Crippen molar-refractivity contribution >= 4 is 58.3 Å². The smallest absolute Gasteiger partial charge is 0.240 e. The van der Waals surface area contributed by atoms with Gasteiger partial charge >= 0.3 is 0 Å². The second kappa shape index (κ2) is 10.4. The third kappa shape index (κ3) is 4.92. The summed E-state index contributed by atoms with van der Waals surface area (Å²) in [5.41, 5.74) is 16.8. The molecule has 2 aromatic carbocycles. The van der Waals surface area contributed by atoms with Crippen molar-refractivity contribution in [2.75, 3.05) is 11.4 Å². The van der Waals surface area contributed by atoms with Crippen LogP contribution in [0.3, 0.4) is 0 Å². The van der Waals surface area contributed by atoms with Gasteiger partial charge in [0.15, 0.2) is 5.84 Å². The standard InChI is InChI=1S/C16H22N10O3S2.H2S/c1-26(30-29-20)15-11(31(21,27)28)6-5-8(13(15)16(18)24-25-19)9-3-2-4-10-14(9)23-12(7-17)22-10;/h2-6,25H,7,17,19-20H2,1H3,(H2,18,24)(H,22,23)(H2,21,27,28);1H2. The summed E-state index contributed by atoms with van der Waals surface area (Å²) in [4.78, 5) is 7.44. The van der Waals surface area contributed by atoms with Crippen LogP contribution in [0.4, 0.5) is 5.69 Å². The summed E-state index contributed by atoms with van der Waals surface area (Å²) in [5, 5.41) is 9.29. The highest BCUT2D eigenvalue weighted by molar-refractivity contribution is 7.96. The molecule has 0 fully saturated rings. The van der Waals surface area contributed by atoms with Gasteiger partial charge in [-0.2, -0.15) is 13.5 Å². The molecule has 0 spiro atoms. The quantitative estimate of drug-likeness (QED) is 0.0516. The molecule has 0 aliphatic rings. The number of fused-ring (bicyclic) bond motifs is 1. The fourth-order valence-electron chi connectivity index (χ4n) is 3.22. The lowest BCUT2D eigenvalue weighted by molar-refractivity contribution is 0.397. The second-order valence-corrected chi connectivity index (χ2v) is 8.68. The Morgan fingerprint density at radius 3 is 2.62 bits per heavy atom. The molecule has 0 atom stereocenters. The number of nitrogens with zero attached hydrogens (tertiary/aromatic N) is 3. The van der Waals surface area contributed by atoms with E-state index in [1.165, 1.54) is 17.4 Å². The van der Waals surface area contributed by atoms with Gasteiger partial charge in [0.05, 0.1) is 28.8 Å². The van der Waals surface area contributed by atoms with E-state index < -0.39 is 10.0 Å². The number of benzene rings is 2. The Morgan fingerprint density at radius 2 is 2.03 bits per heavy atom. The normalized spacial score (nSPS) is 12.0. The molecule has 3 aromatic rings. The van der Waals surface area contributed by atoms with Gasteiger partial charge in [-0.05, 0) is 17.7 Å². The zero-order valence-corrected chi connectivity index (χ0v) is 19.5. The fourth-order valence-corrected chi connectivity index (χ4v) is 4.44. The van der Waals surface area contributed by atoms with Crippen LogP contribution in [-0.4, -0.2) is 31.3 Å². The zero-order chi connectivity index (χ0) is 22.8. The monoisotopic (exact) mass is 500 g/mol. The molecule has 0 amide bonds. The lowest BCUT2D eigenvalue weighted by Gasteiger charge is -2.24. The van der Waals surface area contributed by atoms with E-state index in [1.54, 1.807) is 12.1 Å². The number of nitrogens with two attached hydrogens (primary N) is 5. The summed E-state index contributed by atoms with van der Waals surface area (Å²) >= 11 is 0.670. The first-order valence-electron chi connectivity index (χ1n) is 8.67. The largest absolute Gasteiger partial charge is 0.382 e. The Hall–Kier alpha value is -2.57. The van der Waals surface area contributed by atoms with E-state index in [2.05, 4.69) is 24.9 Å². The fraction of sp³-hybridized carbons (Fsp3) is 0.125. The topological polar surface area (TPSA) is 230 Å². The van der Waals surface area contributed by atoms with Gasteiger partial charge in [-0.3, -0.25) is 4.31 Å². The molecule has 0 aliphatic heterocycles. The molecule has 0 saturated carbocycles. The summed E-state index contributed by atoms with van der Waals surface area (Å²) in [6.07, 6.45) is 0. The van der Waals surface area contributed by atoms with Crippen LogP contribution in [0.15, 0.2) is 40.3 Å². The SMILES string of the molecule is CN(SON)c1c(S(N)(=O)=O)ccc(-c2cccc3[nH]c(CN)nc23)c1/C(N)=N/NN.S. The molecule has 0 radical (unpaired) electrons. The number of aromatic nitrogens is 2. The van der Waals surface area contributed by atoms with Crippen LogP contribution < -0.4 is 38.2 Å². The first-order valence-corrected chi connectivity index (χ1v) is 10.9. The minimum Gasteiger partial charge on any atom is -0.382 e. The third-order valence-electron chi connectivity index (χ3n) is 4.40. The molecule has 174 valence electrons. The molecule has 1 heterocycles. The van der Waals surface area contributed by atoms with Crippen LogP contribution in [0.1, 0.15) is 11.4 Å². The van der Waals surface area contributed by atoms with E-state index in [4.69, 9.17) is 28.3 Å². The number of aromatic amines is 1. The van der Waals surface area contributed by atoms with Crippen molar-refractivity contribution in [3.63, 3.8) is 0 Å².